The van der Waals surface area contributed by atoms with Crippen molar-refractivity contribution in [3.05, 3.63) is 108 Å². The fourth-order valence-corrected chi connectivity index (χ4v) is 6.45. The van der Waals surface area contributed by atoms with E-state index in [-0.39, 0.29) is 5.92 Å². The van der Waals surface area contributed by atoms with Crippen LogP contribution < -0.4 is 19.9 Å². The molecule has 4 atom stereocenters. The number of aliphatic hydroxyl groups is 2. The summed E-state index contributed by atoms with van der Waals surface area (Å²) in [4.78, 5) is 0. The summed E-state index contributed by atoms with van der Waals surface area (Å²) in [5, 5.41) is 24.4. The summed E-state index contributed by atoms with van der Waals surface area (Å²) in [7, 11) is 0. The molecular weight excluding hydrogens is 490 g/mol. The number of ether oxygens (including phenoxy) is 3. The number of benzene rings is 4. The minimum Gasteiger partial charge on any atom is -0.494 e. The van der Waals surface area contributed by atoms with E-state index in [0.717, 1.165) is 22.3 Å². The van der Waals surface area contributed by atoms with Crippen LogP contribution in [0.2, 0.25) is 0 Å². The predicted molar refractivity (Wildman–Crippen MR) is 151 cm³/mol. The average Bonchev–Trinajstić information content (AvgIpc) is 3.34. The first kappa shape index (κ1) is 25.3. The number of nitrogens with two attached hydrogens (primary N) is 1. The van der Waals surface area contributed by atoms with Crippen LogP contribution in [0.4, 0.5) is 5.69 Å². The first-order valence-electron chi connectivity index (χ1n) is 13.5. The lowest BCUT2D eigenvalue weighted by molar-refractivity contribution is -0.150. The molecular formula is C33H33NO5. The van der Waals surface area contributed by atoms with E-state index in [4.69, 9.17) is 19.9 Å². The molecule has 39 heavy (non-hydrogen) atoms. The summed E-state index contributed by atoms with van der Waals surface area (Å²) >= 11 is 0. The molecule has 6 rings (SSSR count). The van der Waals surface area contributed by atoms with Crippen molar-refractivity contribution < 1.29 is 24.4 Å². The van der Waals surface area contributed by atoms with Crippen LogP contribution in [0.5, 0.6) is 17.2 Å². The van der Waals surface area contributed by atoms with E-state index in [1.807, 2.05) is 92.7 Å². The highest BCUT2D eigenvalue weighted by Gasteiger charge is 2.73. The van der Waals surface area contributed by atoms with E-state index in [0.29, 0.717) is 48.1 Å². The van der Waals surface area contributed by atoms with Crippen LogP contribution in [0.1, 0.15) is 42.9 Å². The van der Waals surface area contributed by atoms with E-state index in [2.05, 4.69) is 0 Å². The molecule has 6 heteroatoms. The average molecular weight is 524 g/mol. The highest BCUT2D eigenvalue weighted by molar-refractivity contribution is 5.69. The van der Waals surface area contributed by atoms with Crippen molar-refractivity contribution in [1.29, 1.82) is 0 Å². The van der Waals surface area contributed by atoms with Crippen LogP contribution in [-0.4, -0.2) is 29.5 Å². The second kappa shape index (κ2) is 9.63. The van der Waals surface area contributed by atoms with Gasteiger partial charge in [-0.3, -0.25) is 0 Å². The highest BCUT2D eigenvalue weighted by Crippen LogP contribution is 2.68. The Balaban J connectivity index is 1.57. The topological polar surface area (TPSA) is 94.2 Å². The van der Waals surface area contributed by atoms with Gasteiger partial charge in [-0.2, -0.15) is 0 Å². The molecule has 0 bridgehead atoms. The Morgan fingerprint density at radius 3 is 2.31 bits per heavy atom. The van der Waals surface area contributed by atoms with E-state index in [9.17, 15) is 10.2 Å². The van der Waals surface area contributed by atoms with Crippen molar-refractivity contribution in [1.82, 2.24) is 0 Å². The van der Waals surface area contributed by atoms with Gasteiger partial charge < -0.3 is 30.2 Å². The van der Waals surface area contributed by atoms with Gasteiger partial charge in [0.1, 0.15) is 17.2 Å². The minimum absolute atomic E-state index is 0.315. The van der Waals surface area contributed by atoms with Gasteiger partial charge in [0.15, 0.2) is 11.2 Å². The van der Waals surface area contributed by atoms with Gasteiger partial charge in [-0.05, 0) is 54.7 Å². The fraction of sp³-hybridized carbons (Fsp3) is 0.273. The SMILES string of the molecule is CCOc1cc(OCC)c2c(c1)O[C@@]1(c3ccc(-c4cccc(N)c4)cc3)[C@H](c3ccccc3)C[C@@H](O)[C@@]21O. The van der Waals surface area contributed by atoms with Gasteiger partial charge in [0.25, 0.3) is 0 Å². The van der Waals surface area contributed by atoms with Crippen molar-refractivity contribution in [3.8, 4) is 28.4 Å². The number of hydrogen-bond acceptors (Lipinski definition) is 6. The Bertz CT molecular complexity index is 1490. The largest absolute Gasteiger partial charge is 0.494 e. The van der Waals surface area contributed by atoms with Gasteiger partial charge in [-0.1, -0.05) is 66.7 Å². The van der Waals surface area contributed by atoms with Crippen LogP contribution in [0.15, 0.2) is 91.0 Å². The molecule has 1 fully saturated rings. The molecule has 4 N–H and O–H groups in total. The molecule has 1 saturated carbocycles. The van der Waals surface area contributed by atoms with Crippen molar-refractivity contribution in [2.45, 2.75) is 43.5 Å². The number of anilines is 1. The number of hydrogen-bond donors (Lipinski definition) is 3. The molecule has 0 saturated heterocycles. The summed E-state index contributed by atoms with van der Waals surface area (Å²) < 4.78 is 18.7. The predicted octanol–water partition coefficient (Wildman–Crippen LogP) is 5.76. The summed E-state index contributed by atoms with van der Waals surface area (Å²) in [5.74, 6) is 1.15. The molecule has 6 nitrogen and oxygen atoms in total. The van der Waals surface area contributed by atoms with Crippen LogP contribution in [-0.2, 0) is 11.2 Å². The molecule has 4 aromatic carbocycles. The Hall–Kier alpha value is -4.00. The third kappa shape index (κ3) is 3.78. The molecule has 0 radical (unpaired) electrons. The molecule has 4 aromatic rings. The lowest BCUT2D eigenvalue weighted by atomic mass is 9.71. The van der Waals surface area contributed by atoms with Gasteiger partial charge in [-0.15, -0.1) is 0 Å². The summed E-state index contributed by atoms with van der Waals surface area (Å²) in [6.07, 6.45) is -0.787. The maximum atomic E-state index is 12.7. The number of rotatable bonds is 7. The number of fused-ring (bicyclic) bond motifs is 3. The van der Waals surface area contributed by atoms with Gasteiger partial charge in [0.05, 0.1) is 24.9 Å². The standard InChI is InChI=1S/C33H33NO5/c1-3-37-26-18-28(38-4-2)31-29(19-26)39-33(24-15-13-21(14-16-24)23-11-8-12-25(34)17-23)27(20-30(35)32(31,33)36)22-9-6-5-7-10-22/h5-19,27,30,35-36H,3-4,20,34H2,1-2H3/t27-,30+,32+,33-/m0/s1. The normalized spacial score (nSPS) is 25.0. The van der Waals surface area contributed by atoms with E-state index >= 15 is 0 Å². The van der Waals surface area contributed by atoms with Crippen molar-refractivity contribution in [3.63, 3.8) is 0 Å². The van der Waals surface area contributed by atoms with Gasteiger partial charge in [-0.25, -0.2) is 0 Å². The molecule has 1 heterocycles. The molecule has 200 valence electrons. The van der Waals surface area contributed by atoms with Crippen LogP contribution in [0, 0.1) is 0 Å². The molecule has 1 aliphatic carbocycles. The quantitative estimate of drug-likeness (QED) is 0.267. The van der Waals surface area contributed by atoms with Crippen LogP contribution >= 0.6 is 0 Å². The maximum absolute atomic E-state index is 12.7. The molecule has 1 aliphatic heterocycles. The zero-order valence-electron chi connectivity index (χ0n) is 22.1. The van der Waals surface area contributed by atoms with E-state index in [1.54, 1.807) is 12.1 Å². The third-order valence-electron chi connectivity index (χ3n) is 8.04. The Kier molecular flexibility index (Phi) is 6.25. The van der Waals surface area contributed by atoms with Gasteiger partial charge in [0, 0.05) is 23.7 Å². The van der Waals surface area contributed by atoms with Crippen molar-refractivity contribution in [2.75, 3.05) is 18.9 Å². The molecule has 0 spiro atoms. The zero-order chi connectivity index (χ0) is 27.2. The smallest absolute Gasteiger partial charge is 0.176 e. The van der Waals surface area contributed by atoms with E-state index in [1.165, 1.54) is 0 Å². The summed E-state index contributed by atoms with van der Waals surface area (Å²) in [6, 6.07) is 29.2. The van der Waals surface area contributed by atoms with E-state index < -0.39 is 17.3 Å². The Labute approximate surface area is 228 Å². The highest BCUT2D eigenvalue weighted by atomic mass is 16.5. The van der Waals surface area contributed by atoms with Gasteiger partial charge in [0.2, 0.25) is 0 Å². The first-order chi connectivity index (χ1) is 18.9. The molecule has 2 aliphatic rings. The lowest BCUT2D eigenvalue weighted by Gasteiger charge is -2.41. The fourth-order valence-electron chi connectivity index (χ4n) is 6.45. The van der Waals surface area contributed by atoms with Crippen LogP contribution in [0.25, 0.3) is 11.1 Å². The molecule has 0 amide bonds. The van der Waals surface area contributed by atoms with Crippen LogP contribution in [0.3, 0.4) is 0 Å². The third-order valence-corrected chi connectivity index (χ3v) is 8.04. The second-order valence-electron chi connectivity index (χ2n) is 10.2. The van der Waals surface area contributed by atoms with Crippen molar-refractivity contribution in [2.24, 2.45) is 0 Å². The second-order valence-corrected chi connectivity index (χ2v) is 10.2. The lowest BCUT2D eigenvalue weighted by Crippen LogP contribution is -2.52. The zero-order valence-corrected chi connectivity index (χ0v) is 22.1. The van der Waals surface area contributed by atoms with Crippen molar-refractivity contribution >= 4 is 5.69 Å². The number of aliphatic hydroxyl groups excluding tert-OH is 1. The molecule has 0 unspecified atom stereocenters. The van der Waals surface area contributed by atoms with Gasteiger partial charge >= 0.3 is 0 Å². The Morgan fingerprint density at radius 2 is 1.62 bits per heavy atom. The summed E-state index contributed by atoms with van der Waals surface area (Å²) in [5.41, 5.74) is 7.83. The Morgan fingerprint density at radius 1 is 0.872 bits per heavy atom. The maximum Gasteiger partial charge on any atom is 0.176 e. The monoisotopic (exact) mass is 523 g/mol. The minimum atomic E-state index is -1.77. The molecule has 0 aromatic heterocycles. The summed E-state index contributed by atoms with van der Waals surface area (Å²) in [6.45, 7) is 4.66. The first-order valence-corrected chi connectivity index (χ1v) is 13.5. The number of nitrogen functional groups attached to an aromatic ring is 1.